The van der Waals surface area contributed by atoms with Crippen LogP contribution >= 0.6 is 0 Å². The Kier molecular flexibility index (Phi) is 5.40. The number of esters is 1. The molecule has 0 unspecified atom stereocenters. The maximum Gasteiger partial charge on any atom is 0.337 e. The van der Waals surface area contributed by atoms with Crippen molar-refractivity contribution in [1.82, 2.24) is 4.90 Å². The molecule has 2 amide bonds. The maximum absolute atomic E-state index is 12.8. The molecule has 2 saturated heterocycles. The number of amides is 2. The molecule has 0 radical (unpaired) electrons. The van der Waals surface area contributed by atoms with Crippen molar-refractivity contribution < 1.29 is 28.9 Å². The zero-order chi connectivity index (χ0) is 21.5. The van der Waals surface area contributed by atoms with Crippen LogP contribution in [0.3, 0.4) is 0 Å². The standard InChI is InChI=1S/C24H29N3O4/c1-31-24(30)17-4-2-16(3-5-17)15-26-10-8-25(9-11-26)12-13-27-22(28)20-18-6-7-19(14-18)21(20)23(27)29/h2-7,18-21H,8-15H2,1H3/p+2/t18-,19+,20-,21-/m1/s1. The van der Waals surface area contributed by atoms with Gasteiger partial charge in [-0.15, -0.1) is 0 Å². The lowest BCUT2D eigenvalue weighted by molar-refractivity contribution is -1.02. The molecule has 2 N–H and O–H groups in total. The number of methoxy groups -OCH3 is 1. The summed E-state index contributed by atoms with van der Waals surface area (Å²) in [6, 6.07) is 7.65. The number of rotatable bonds is 6. The SMILES string of the molecule is COC(=O)c1ccc(C[NH+]2CC[NH+](CCN3C(=O)[C@H]4[C@H](C3=O)[C@H]3C=C[C@@H]4C3)CC2)cc1. The van der Waals surface area contributed by atoms with Crippen molar-refractivity contribution in [2.75, 3.05) is 46.4 Å². The first-order chi connectivity index (χ1) is 15.0. The lowest BCUT2D eigenvalue weighted by atomic mass is 9.85. The summed E-state index contributed by atoms with van der Waals surface area (Å²) in [6.45, 7) is 6.57. The number of carbonyl (C=O) groups is 3. The lowest BCUT2D eigenvalue weighted by Gasteiger charge is -2.30. The van der Waals surface area contributed by atoms with Gasteiger partial charge >= 0.3 is 5.97 Å². The van der Waals surface area contributed by atoms with Crippen LogP contribution < -0.4 is 9.80 Å². The second kappa shape index (κ2) is 8.20. The first kappa shape index (κ1) is 20.4. The number of nitrogens with one attached hydrogen (secondary N) is 2. The Balaban J connectivity index is 1.08. The van der Waals surface area contributed by atoms with Gasteiger partial charge in [-0.05, 0) is 30.4 Å². The highest BCUT2D eigenvalue weighted by Crippen LogP contribution is 2.52. The Morgan fingerprint density at radius 2 is 1.55 bits per heavy atom. The van der Waals surface area contributed by atoms with Crippen molar-refractivity contribution in [2.45, 2.75) is 13.0 Å². The minimum atomic E-state index is -0.307. The van der Waals surface area contributed by atoms with E-state index in [1.165, 1.54) is 22.5 Å². The Morgan fingerprint density at radius 1 is 0.968 bits per heavy atom. The van der Waals surface area contributed by atoms with Crippen molar-refractivity contribution in [2.24, 2.45) is 23.7 Å². The van der Waals surface area contributed by atoms with Crippen molar-refractivity contribution >= 4 is 17.8 Å². The number of carbonyl (C=O) groups excluding carboxylic acids is 3. The molecule has 0 aromatic heterocycles. The molecule has 4 atom stereocenters. The lowest BCUT2D eigenvalue weighted by Crippen LogP contribution is -3.27. The molecule has 1 saturated carbocycles. The van der Waals surface area contributed by atoms with E-state index in [9.17, 15) is 14.4 Å². The van der Waals surface area contributed by atoms with Crippen LogP contribution in [0.4, 0.5) is 0 Å². The highest BCUT2D eigenvalue weighted by Gasteiger charge is 2.59. The molecular weight excluding hydrogens is 394 g/mol. The zero-order valence-electron chi connectivity index (χ0n) is 18.0. The fourth-order valence-electron chi connectivity index (χ4n) is 6.00. The summed E-state index contributed by atoms with van der Waals surface area (Å²) in [6.07, 6.45) is 5.29. The van der Waals surface area contributed by atoms with Gasteiger partial charge in [0.1, 0.15) is 32.7 Å². The molecular formula is C24H31N3O4+2. The molecule has 2 heterocycles. The first-order valence-corrected chi connectivity index (χ1v) is 11.4. The number of nitrogens with zero attached hydrogens (tertiary/aromatic N) is 1. The van der Waals surface area contributed by atoms with Gasteiger partial charge in [-0.3, -0.25) is 14.5 Å². The van der Waals surface area contributed by atoms with Gasteiger partial charge in [0, 0.05) is 5.56 Å². The minimum absolute atomic E-state index is 0.0749. The fourth-order valence-corrected chi connectivity index (χ4v) is 6.00. The van der Waals surface area contributed by atoms with Crippen LogP contribution in [0, 0.1) is 23.7 Å². The first-order valence-electron chi connectivity index (χ1n) is 11.4. The van der Waals surface area contributed by atoms with Crippen molar-refractivity contribution in [3.63, 3.8) is 0 Å². The van der Waals surface area contributed by atoms with Gasteiger partial charge in [-0.25, -0.2) is 4.79 Å². The average Bonchev–Trinajstić information content (AvgIpc) is 3.48. The highest BCUT2D eigenvalue weighted by molar-refractivity contribution is 6.06. The number of hydrogen-bond donors (Lipinski definition) is 2. The van der Waals surface area contributed by atoms with Crippen molar-refractivity contribution in [3.8, 4) is 0 Å². The van der Waals surface area contributed by atoms with Gasteiger partial charge in [0.2, 0.25) is 11.8 Å². The van der Waals surface area contributed by atoms with E-state index in [2.05, 4.69) is 12.2 Å². The van der Waals surface area contributed by atoms with Gasteiger partial charge < -0.3 is 14.5 Å². The molecule has 31 heavy (non-hydrogen) atoms. The normalized spacial score (nSPS) is 33.8. The van der Waals surface area contributed by atoms with Crippen LogP contribution in [-0.4, -0.2) is 69.1 Å². The van der Waals surface area contributed by atoms with Crippen LogP contribution in [0.15, 0.2) is 36.4 Å². The molecule has 5 rings (SSSR count). The fraction of sp³-hybridized carbons (Fsp3) is 0.542. The molecule has 2 aliphatic carbocycles. The van der Waals surface area contributed by atoms with E-state index in [0.717, 1.165) is 45.7 Å². The molecule has 4 aliphatic rings. The summed E-state index contributed by atoms with van der Waals surface area (Å²) in [7, 11) is 1.39. The summed E-state index contributed by atoms with van der Waals surface area (Å²) in [4.78, 5) is 41.8. The molecule has 7 nitrogen and oxygen atoms in total. The third kappa shape index (κ3) is 3.70. The van der Waals surface area contributed by atoms with E-state index in [0.29, 0.717) is 12.1 Å². The van der Waals surface area contributed by atoms with Gasteiger partial charge in [0.15, 0.2) is 0 Å². The molecule has 7 heteroatoms. The number of imide groups is 1. The van der Waals surface area contributed by atoms with Crippen LogP contribution in [0.2, 0.25) is 0 Å². The smallest absolute Gasteiger partial charge is 0.337 e. The Bertz CT molecular complexity index is 874. The number of allylic oxidation sites excluding steroid dienone is 2. The minimum Gasteiger partial charge on any atom is -0.465 e. The molecule has 164 valence electrons. The predicted molar refractivity (Wildman–Crippen MR) is 112 cm³/mol. The second-order valence-corrected chi connectivity index (χ2v) is 9.44. The van der Waals surface area contributed by atoms with E-state index >= 15 is 0 Å². The molecule has 3 fully saturated rings. The molecule has 1 aromatic rings. The van der Waals surface area contributed by atoms with E-state index in [1.54, 1.807) is 4.90 Å². The van der Waals surface area contributed by atoms with E-state index in [4.69, 9.17) is 4.74 Å². The third-order valence-corrected chi connectivity index (χ3v) is 7.74. The number of quaternary nitrogens is 2. The number of hydrogen-bond acceptors (Lipinski definition) is 4. The zero-order valence-corrected chi connectivity index (χ0v) is 18.0. The van der Waals surface area contributed by atoms with Gasteiger partial charge in [-0.2, -0.15) is 0 Å². The molecule has 1 aromatic carbocycles. The van der Waals surface area contributed by atoms with E-state index in [-0.39, 0.29) is 41.5 Å². The Morgan fingerprint density at radius 3 is 2.13 bits per heavy atom. The third-order valence-electron chi connectivity index (χ3n) is 7.74. The average molecular weight is 426 g/mol. The number of fused-ring (bicyclic) bond motifs is 5. The van der Waals surface area contributed by atoms with Crippen molar-refractivity contribution in [1.29, 1.82) is 0 Å². The summed E-state index contributed by atoms with van der Waals surface area (Å²) in [5.74, 6) is 0.263. The van der Waals surface area contributed by atoms with Crippen LogP contribution in [0.25, 0.3) is 0 Å². The Labute approximate surface area is 182 Å². The largest absolute Gasteiger partial charge is 0.465 e. The van der Waals surface area contributed by atoms with Gasteiger partial charge in [0.25, 0.3) is 0 Å². The number of ether oxygens (including phenoxy) is 1. The number of benzene rings is 1. The number of likely N-dealkylation sites (tertiary alicyclic amines) is 1. The van der Waals surface area contributed by atoms with Gasteiger partial charge in [-0.1, -0.05) is 24.3 Å². The topological polar surface area (TPSA) is 72.6 Å². The van der Waals surface area contributed by atoms with Gasteiger partial charge in [0.05, 0.1) is 37.6 Å². The number of piperazine rings is 1. The summed E-state index contributed by atoms with van der Waals surface area (Å²) < 4.78 is 4.75. The van der Waals surface area contributed by atoms with Crippen molar-refractivity contribution in [3.05, 3.63) is 47.5 Å². The molecule has 0 spiro atoms. The highest BCUT2D eigenvalue weighted by atomic mass is 16.5. The summed E-state index contributed by atoms with van der Waals surface area (Å²) >= 11 is 0. The quantitative estimate of drug-likeness (QED) is 0.333. The van der Waals surface area contributed by atoms with Crippen LogP contribution in [0.5, 0.6) is 0 Å². The van der Waals surface area contributed by atoms with E-state index in [1.807, 2.05) is 24.3 Å². The monoisotopic (exact) mass is 425 g/mol. The summed E-state index contributed by atoms with van der Waals surface area (Å²) in [5, 5.41) is 0. The van der Waals surface area contributed by atoms with E-state index < -0.39 is 0 Å². The van der Waals surface area contributed by atoms with Crippen LogP contribution in [0.1, 0.15) is 22.3 Å². The molecule has 2 aliphatic heterocycles. The predicted octanol–water partition coefficient (Wildman–Crippen LogP) is -1.44. The molecule has 2 bridgehead atoms. The Hall–Kier alpha value is -2.51. The summed E-state index contributed by atoms with van der Waals surface area (Å²) in [5.41, 5.74) is 1.79. The maximum atomic E-state index is 12.8. The van der Waals surface area contributed by atoms with Crippen LogP contribution in [-0.2, 0) is 20.9 Å². The second-order valence-electron chi connectivity index (χ2n) is 9.44.